The van der Waals surface area contributed by atoms with Crippen molar-refractivity contribution in [2.75, 3.05) is 14.2 Å². The Bertz CT molecular complexity index is 1420. The number of ether oxygens (including phenoxy) is 2. The number of hydrogen-bond acceptors (Lipinski definition) is 6. The first-order valence-electron chi connectivity index (χ1n) is 9.02. The highest BCUT2D eigenvalue weighted by molar-refractivity contribution is 7.89. The van der Waals surface area contributed by atoms with Crippen molar-refractivity contribution < 1.29 is 17.9 Å². The second kappa shape index (κ2) is 7.15. The van der Waals surface area contributed by atoms with Crippen LogP contribution in [-0.2, 0) is 10.0 Å². The number of primary sulfonamides is 1. The molecule has 0 spiro atoms. The number of aromatic nitrogens is 3. The maximum absolute atomic E-state index is 12.8. The van der Waals surface area contributed by atoms with Crippen LogP contribution in [0.25, 0.3) is 21.9 Å². The second-order valence-corrected chi connectivity index (χ2v) is 8.40. The van der Waals surface area contributed by atoms with E-state index in [1.165, 1.54) is 19.2 Å². The van der Waals surface area contributed by atoms with Crippen LogP contribution in [0, 0.1) is 0 Å². The average molecular weight is 428 g/mol. The zero-order chi connectivity index (χ0) is 21.6. The molecule has 0 saturated heterocycles. The lowest BCUT2D eigenvalue weighted by Gasteiger charge is -2.16. The highest BCUT2D eigenvalue weighted by Crippen LogP contribution is 2.35. The Morgan fingerprint density at radius 1 is 1.10 bits per heavy atom. The normalized spacial score (nSPS) is 12.9. The van der Waals surface area contributed by atoms with Gasteiger partial charge in [-0.25, -0.2) is 18.4 Å². The van der Waals surface area contributed by atoms with Gasteiger partial charge in [0.2, 0.25) is 10.0 Å². The first-order valence-corrected chi connectivity index (χ1v) is 10.6. The summed E-state index contributed by atoms with van der Waals surface area (Å²) >= 11 is 0. The molecule has 4 aromatic rings. The quantitative estimate of drug-likeness (QED) is 0.501. The van der Waals surface area contributed by atoms with Crippen molar-refractivity contribution >= 4 is 32.0 Å². The van der Waals surface area contributed by atoms with Crippen LogP contribution in [0.5, 0.6) is 11.5 Å². The van der Waals surface area contributed by atoms with Crippen LogP contribution in [0.2, 0.25) is 0 Å². The molecule has 0 amide bonds. The molecule has 2 heterocycles. The smallest absolute Gasteiger partial charge is 0.327 e. The summed E-state index contributed by atoms with van der Waals surface area (Å²) in [6, 6.07) is 9.28. The summed E-state index contributed by atoms with van der Waals surface area (Å²) in [7, 11) is -0.712. The Balaban J connectivity index is 1.95. The summed E-state index contributed by atoms with van der Waals surface area (Å²) in [6.07, 6.45) is 1.60. The van der Waals surface area contributed by atoms with Crippen molar-refractivity contribution in [1.82, 2.24) is 14.5 Å². The van der Waals surface area contributed by atoms with Gasteiger partial charge < -0.3 is 14.5 Å². The van der Waals surface area contributed by atoms with E-state index in [0.29, 0.717) is 28.0 Å². The van der Waals surface area contributed by atoms with Crippen molar-refractivity contribution in [2.24, 2.45) is 5.14 Å². The van der Waals surface area contributed by atoms with Gasteiger partial charge in [-0.05, 0) is 30.7 Å². The van der Waals surface area contributed by atoms with Crippen molar-refractivity contribution in [2.45, 2.75) is 17.9 Å². The van der Waals surface area contributed by atoms with Crippen molar-refractivity contribution in [3.8, 4) is 11.5 Å². The van der Waals surface area contributed by atoms with E-state index >= 15 is 0 Å². The predicted molar refractivity (Wildman–Crippen MR) is 113 cm³/mol. The number of nitrogens with two attached hydrogens (primary N) is 1. The Labute approximate surface area is 172 Å². The molecule has 3 N–H and O–H groups in total. The Morgan fingerprint density at radius 3 is 2.33 bits per heavy atom. The van der Waals surface area contributed by atoms with E-state index < -0.39 is 10.0 Å². The molecule has 0 saturated carbocycles. The maximum atomic E-state index is 12.8. The van der Waals surface area contributed by atoms with Gasteiger partial charge >= 0.3 is 5.69 Å². The lowest BCUT2D eigenvalue weighted by Crippen LogP contribution is -2.21. The van der Waals surface area contributed by atoms with E-state index in [4.69, 9.17) is 14.6 Å². The third-order valence-electron chi connectivity index (χ3n) is 5.12. The fourth-order valence-electron chi connectivity index (χ4n) is 3.59. The van der Waals surface area contributed by atoms with E-state index in [2.05, 4.69) is 9.97 Å². The Hall–Kier alpha value is -3.37. The summed E-state index contributed by atoms with van der Waals surface area (Å²) in [5.41, 5.74) is 2.32. The van der Waals surface area contributed by atoms with E-state index in [1.807, 2.05) is 6.92 Å². The zero-order valence-electron chi connectivity index (χ0n) is 16.5. The number of benzene rings is 2. The van der Waals surface area contributed by atoms with Crippen LogP contribution in [-0.4, -0.2) is 37.2 Å². The number of hydrogen-bond donors (Lipinski definition) is 2. The SMILES string of the molecule is COc1cc2ncc3[nH]c(=O)n(C(C)c4ccc(S(N)(=O)=O)cc4)c3c2cc1OC. The molecular weight excluding hydrogens is 408 g/mol. The molecule has 4 rings (SSSR count). The van der Waals surface area contributed by atoms with Gasteiger partial charge in [0.1, 0.15) is 0 Å². The molecule has 2 aromatic heterocycles. The summed E-state index contributed by atoms with van der Waals surface area (Å²) in [6.45, 7) is 1.85. The fourth-order valence-corrected chi connectivity index (χ4v) is 4.10. The number of nitrogens with one attached hydrogen (secondary N) is 1. The van der Waals surface area contributed by atoms with Crippen LogP contribution in [0.3, 0.4) is 0 Å². The minimum absolute atomic E-state index is 0.0104. The summed E-state index contributed by atoms with van der Waals surface area (Å²) in [5.74, 6) is 1.05. The molecule has 0 fully saturated rings. The third kappa shape index (κ3) is 3.19. The standard InChI is InChI=1S/C20H20N4O5S/c1-11(12-4-6-13(7-5-12)30(21,26)27)24-19-14-8-17(28-2)18(29-3)9-15(14)22-10-16(19)23-20(24)25/h4-11H,1-3H3,(H,23,25)(H2,21,26,27). The van der Waals surface area contributed by atoms with Gasteiger partial charge in [-0.3, -0.25) is 9.55 Å². The molecule has 1 atom stereocenters. The van der Waals surface area contributed by atoms with Crippen LogP contribution < -0.4 is 20.3 Å². The molecule has 9 nitrogen and oxygen atoms in total. The molecule has 156 valence electrons. The number of methoxy groups -OCH3 is 2. The number of pyridine rings is 1. The van der Waals surface area contributed by atoms with E-state index in [0.717, 1.165) is 10.9 Å². The van der Waals surface area contributed by atoms with Crippen LogP contribution >= 0.6 is 0 Å². The Kier molecular flexibility index (Phi) is 4.75. The molecule has 1 unspecified atom stereocenters. The molecule has 2 aromatic carbocycles. The lowest BCUT2D eigenvalue weighted by molar-refractivity contribution is 0.356. The summed E-state index contributed by atoms with van der Waals surface area (Å²) < 4.78 is 35.4. The monoisotopic (exact) mass is 428 g/mol. The van der Waals surface area contributed by atoms with E-state index in [1.54, 1.807) is 42.1 Å². The van der Waals surface area contributed by atoms with Crippen molar-refractivity contribution in [3.05, 3.63) is 58.6 Å². The molecule has 0 aliphatic carbocycles. The minimum atomic E-state index is -3.79. The molecule has 30 heavy (non-hydrogen) atoms. The number of imidazole rings is 1. The third-order valence-corrected chi connectivity index (χ3v) is 6.05. The number of sulfonamides is 1. The van der Waals surface area contributed by atoms with Gasteiger partial charge in [0, 0.05) is 11.5 Å². The second-order valence-electron chi connectivity index (χ2n) is 6.83. The number of aromatic amines is 1. The topological polar surface area (TPSA) is 129 Å². The average Bonchev–Trinajstić information content (AvgIpc) is 3.07. The van der Waals surface area contributed by atoms with Gasteiger partial charge in [0.05, 0.1) is 47.9 Å². The van der Waals surface area contributed by atoms with Crippen LogP contribution in [0.1, 0.15) is 18.5 Å². The number of nitrogens with zero attached hydrogens (tertiary/aromatic N) is 2. The van der Waals surface area contributed by atoms with Crippen molar-refractivity contribution in [3.63, 3.8) is 0 Å². The molecule has 0 aliphatic rings. The van der Waals surface area contributed by atoms with Gasteiger partial charge in [-0.15, -0.1) is 0 Å². The maximum Gasteiger partial charge on any atom is 0.327 e. The van der Waals surface area contributed by atoms with Crippen molar-refractivity contribution in [1.29, 1.82) is 0 Å². The summed E-state index contributed by atoms with van der Waals surface area (Å²) in [4.78, 5) is 20.1. The molecule has 0 radical (unpaired) electrons. The first-order chi connectivity index (χ1) is 14.2. The largest absolute Gasteiger partial charge is 0.493 e. The number of fused-ring (bicyclic) bond motifs is 3. The van der Waals surface area contributed by atoms with Gasteiger partial charge in [-0.2, -0.15) is 0 Å². The fraction of sp³-hybridized carbons (Fsp3) is 0.200. The highest BCUT2D eigenvalue weighted by atomic mass is 32.2. The first kappa shape index (κ1) is 19.9. The minimum Gasteiger partial charge on any atom is -0.493 e. The number of H-pyrrole nitrogens is 1. The predicted octanol–water partition coefficient (Wildman–Crippen LogP) is 2.15. The van der Waals surface area contributed by atoms with Crippen LogP contribution in [0.4, 0.5) is 0 Å². The molecule has 0 aliphatic heterocycles. The Morgan fingerprint density at radius 2 is 1.73 bits per heavy atom. The zero-order valence-corrected chi connectivity index (χ0v) is 17.4. The van der Waals surface area contributed by atoms with Crippen LogP contribution in [0.15, 0.2) is 52.3 Å². The number of rotatable bonds is 5. The van der Waals surface area contributed by atoms with E-state index in [-0.39, 0.29) is 16.6 Å². The molecule has 10 heteroatoms. The molecular formula is C20H20N4O5S. The lowest BCUT2D eigenvalue weighted by atomic mass is 10.1. The van der Waals surface area contributed by atoms with Gasteiger partial charge in [0.25, 0.3) is 0 Å². The van der Waals surface area contributed by atoms with Gasteiger partial charge in [-0.1, -0.05) is 12.1 Å². The van der Waals surface area contributed by atoms with E-state index in [9.17, 15) is 13.2 Å². The van der Waals surface area contributed by atoms with Gasteiger partial charge in [0.15, 0.2) is 11.5 Å². The molecule has 0 bridgehead atoms. The highest BCUT2D eigenvalue weighted by Gasteiger charge is 2.20. The summed E-state index contributed by atoms with van der Waals surface area (Å²) in [5, 5.41) is 5.89.